The fraction of sp³-hybridized carbons (Fsp3) is 0.200. The molecule has 0 spiro atoms. The number of anilines is 1. The first-order chi connectivity index (χ1) is 10.2. The summed E-state index contributed by atoms with van der Waals surface area (Å²) in [6.07, 6.45) is 4.41. The SMILES string of the molecule is Nc1c(C(=O)N2CCc3sccc3C2)sc2cnccc12. The molecule has 3 aromatic rings. The van der Waals surface area contributed by atoms with Crippen LogP contribution in [0.1, 0.15) is 20.1 Å². The predicted octanol–water partition coefficient (Wildman–Crippen LogP) is 3.14. The molecule has 1 aliphatic rings. The number of thiophene rings is 2. The minimum absolute atomic E-state index is 0.0329. The minimum Gasteiger partial charge on any atom is -0.397 e. The van der Waals surface area contributed by atoms with Gasteiger partial charge in [0.15, 0.2) is 0 Å². The summed E-state index contributed by atoms with van der Waals surface area (Å²) in [5.74, 6) is 0.0329. The van der Waals surface area contributed by atoms with E-state index in [1.54, 1.807) is 23.7 Å². The van der Waals surface area contributed by atoms with E-state index in [1.165, 1.54) is 21.8 Å². The molecule has 0 radical (unpaired) electrons. The van der Waals surface area contributed by atoms with Crippen molar-refractivity contribution in [1.82, 2.24) is 9.88 Å². The van der Waals surface area contributed by atoms with Crippen LogP contribution in [0.25, 0.3) is 10.1 Å². The Balaban J connectivity index is 1.69. The Bertz CT molecular complexity index is 836. The maximum Gasteiger partial charge on any atom is 0.266 e. The number of carbonyl (C=O) groups is 1. The number of nitrogens with zero attached hydrogens (tertiary/aromatic N) is 2. The topological polar surface area (TPSA) is 59.2 Å². The molecule has 106 valence electrons. The Morgan fingerprint density at radius 1 is 1.38 bits per heavy atom. The summed E-state index contributed by atoms with van der Waals surface area (Å²) in [5.41, 5.74) is 8.01. The third-order valence-corrected chi connectivity index (χ3v) is 5.99. The van der Waals surface area contributed by atoms with Crippen LogP contribution in [0.2, 0.25) is 0 Å². The van der Waals surface area contributed by atoms with Crippen molar-refractivity contribution in [2.75, 3.05) is 12.3 Å². The van der Waals surface area contributed by atoms with E-state index in [1.807, 2.05) is 11.0 Å². The van der Waals surface area contributed by atoms with Crippen molar-refractivity contribution in [1.29, 1.82) is 0 Å². The van der Waals surface area contributed by atoms with Gasteiger partial charge in [0.1, 0.15) is 4.88 Å². The summed E-state index contributed by atoms with van der Waals surface area (Å²) in [6.45, 7) is 1.45. The van der Waals surface area contributed by atoms with Gasteiger partial charge in [0.2, 0.25) is 0 Å². The van der Waals surface area contributed by atoms with Crippen molar-refractivity contribution < 1.29 is 4.79 Å². The minimum atomic E-state index is 0.0329. The molecule has 0 atom stereocenters. The van der Waals surface area contributed by atoms with Crippen LogP contribution in [0.5, 0.6) is 0 Å². The summed E-state index contributed by atoms with van der Waals surface area (Å²) in [4.78, 5) is 20.8. The van der Waals surface area contributed by atoms with Gasteiger partial charge in [-0.2, -0.15) is 0 Å². The number of hydrogen-bond acceptors (Lipinski definition) is 5. The maximum atomic E-state index is 12.8. The van der Waals surface area contributed by atoms with Crippen LogP contribution in [0, 0.1) is 0 Å². The molecule has 4 rings (SSSR count). The van der Waals surface area contributed by atoms with Crippen molar-refractivity contribution >= 4 is 44.4 Å². The molecule has 4 heterocycles. The van der Waals surface area contributed by atoms with Gasteiger partial charge in [-0.05, 0) is 29.5 Å². The van der Waals surface area contributed by atoms with Gasteiger partial charge < -0.3 is 10.6 Å². The van der Waals surface area contributed by atoms with Gasteiger partial charge in [0.25, 0.3) is 5.91 Å². The molecule has 0 saturated carbocycles. The third-order valence-electron chi connectivity index (χ3n) is 3.82. The zero-order valence-corrected chi connectivity index (χ0v) is 12.8. The highest BCUT2D eigenvalue weighted by Gasteiger charge is 2.25. The molecule has 1 aliphatic heterocycles. The Morgan fingerprint density at radius 2 is 2.29 bits per heavy atom. The van der Waals surface area contributed by atoms with Crippen LogP contribution < -0.4 is 5.73 Å². The molecular formula is C15H13N3OS2. The third kappa shape index (κ3) is 2.02. The predicted molar refractivity (Wildman–Crippen MR) is 86.8 cm³/mol. The van der Waals surface area contributed by atoms with E-state index in [2.05, 4.69) is 16.4 Å². The zero-order valence-electron chi connectivity index (χ0n) is 11.2. The van der Waals surface area contributed by atoms with Gasteiger partial charge in [-0.25, -0.2) is 0 Å². The lowest BCUT2D eigenvalue weighted by molar-refractivity contribution is 0.0742. The molecule has 2 N–H and O–H groups in total. The van der Waals surface area contributed by atoms with E-state index in [9.17, 15) is 4.79 Å². The summed E-state index contributed by atoms with van der Waals surface area (Å²) < 4.78 is 0.964. The number of amides is 1. The van der Waals surface area contributed by atoms with Crippen molar-refractivity contribution in [3.8, 4) is 0 Å². The molecule has 21 heavy (non-hydrogen) atoms. The second-order valence-electron chi connectivity index (χ2n) is 5.06. The smallest absolute Gasteiger partial charge is 0.266 e. The summed E-state index contributed by atoms with van der Waals surface area (Å²) >= 11 is 3.21. The summed E-state index contributed by atoms with van der Waals surface area (Å²) in [5, 5.41) is 3.02. The largest absolute Gasteiger partial charge is 0.397 e. The number of pyridine rings is 1. The van der Waals surface area contributed by atoms with Gasteiger partial charge in [-0.1, -0.05) is 0 Å². The molecule has 0 aliphatic carbocycles. The normalized spacial score (nSPS) is 14.4. The lowest BCUT2D eigenvalue weighted by Gasteiger charge is -2.26. The monoisotopic (exact) mass is 315 g/mol. The number of rotatable bonds is 1. The van der Waals surface area contributed by atoms with E-state index < -0.39 is 0 Å². The van der Waals surface area contributed by atoms with Crippen LogP contribution in [-0.4, -0.2) is 22.3 Å². The number of nitrogens with two attached hydrogens (primary N) is 1. The first-order valence-corrected chi connectivity index (χ1v) is 8.40. The molecule has 6 heteroatoms. The number of fused-ring (bicyclic) bond motifs is 2. The highest BCUT2D eigenvalue weighted by atomic mass is 32.1. The average molecular weight is 315 g/mol. The number of nitrogen functional groups attached to an aromatic ring is 1. The quantitative estimate of drug-likeness (QED) is 0.750. The second kappa shape index (κ2) is 4.82. The standard InChI is InChI=1S/C15H13N3OS2/c16-13-10-1-4-17-7-12(10)21-14(13)15(19)18-5-2-11-9(8-18)3-6-20-11/h1,3-4,6-7H,2,5,8,16H2. The molecule has 4 nitrogen and oxygen atoms in total. The molecule has 0 fully saturated rings. The van der Waals surface area contributed by atoms with Gasteiger partial charge in [0.05, 0.1) is 10.4 Å². The van der Waals surface area contributed by atoms with E-state index in [-0.39, 0.29) is 5.91 Å². The molecule has 0 unspecified atom stereocenters. The zero-order chi connectivity index (χ0) is 14.4. The summed E-state index contributed by atoms with van der Waals surface area (Å²) in [7, 11) is 0. The van der Waals surface area contributed by atoms with Crippen LogP contribution in [0.4, 0.5) is 5.69 Å². The van der Waals surface area contributed by atoms with Gasteiger partial charge in [-0.3, -0.25) is 9.78 Å². The Labute approximate surface area is 129 Å². The molecule has 0 aromatic carbocycles. The van der Waals surface area contributed by atoms with Gasteiger partial charge in [-0.15, -0.1) is 22.7 Å². The number of aromatic nitrogens is 1. The van der Waals surface area contributed by atoms with E-state index in [0.717, 1.165) is 23.1 Å². The van der Waals surface area contributed by atoms with Gasteiger partial charge in [0, 0.05) is 35.7 Å². The summed E-state index contributed by atoms with van der Waals surface area (Å²) in [6, 6.07) is 3.97. The maximum absolute atomic E-state index is 12.8. The highest BCUT2D eigenvalue weighted by molar-refractivity contribution is 7.21. The first-order valence-electron chi connectivity index (χ1n) is 6.70. The fourth-order valence-electron chi connectivity index (χ4n) is 2.70. The number of carbonyl (C=O) groups excluding carboxylic acids is 1. The fourth-order valence-corrected chi connectivity index (χ4v) is 4.64. The van der Waals surface area contributed by atoms with Crippen LogP contribution >= 0.6 is 22.7 Å². The van der Waals surface area contributed by atoms with E-state index in [4.69, 9.17) is 5.73 Å². The average Bonchev–Trinajstić information content (AvgIpc) is 3.11. The Morgan fingerprint density at radius 3 is 3.14 bits per heavy atom. The van der Waals surface area contributed by atoms with Crippen molar-refractivity contribution in [2.24, 2.45) is 0 Å². The van der Waals surface area contributed by atoms with Crippen LogP contribution in [0.3, 0.4) is 0 Å². The van der Waals surface area contributed by atoms with E-state index in [0.29, 0.717) is 17.1 Å². The highest BCUT2D eigenvalue weighted by Crippen LogP contribution is 2.35. The molecule has 0 bridgehead atoms. The van der Waals surface area contributed by atoms with Crippen molar-refractivity contribution in [3.05, 3.63) is 45.2 Å². The molecule has 3 aromatic heterocycles. The van der Waals surface area contributed by atoms with Crippen LogP contribution in [0.15, 0.2) is 29.9 Å². The lowest BCUT2D eigenvalue weighted by Crippen LogP contribution is -2.35. The second-order valence-corrected chi connectivity index (χ2v) is 7.12. The molecule has 0 saturated heterocycles. The number of hydrogen-bond donors (Lipinski definition) is 1. The molecule has 1 amide bonds. The van der Waals surface area contributed by atoms with Gasteiger partial charge >= 0.3 is 0 Å². The van der Waals surface area contributed by atoms with Crippen molar-refractivity contribution in [2.45, 2.75) is 13.0 Å². The van der Waals surface area contributed by atoms with Crippen LogP contribution in [-0.2, 0) is 13.0 Å². The first kappa shape index (κ1) is 12.8. The Hall–Kier alpha value is -1.92. The van der Waals surface area contributed by atoms with Crippen molar-refractivity contribution in [3.63, 3.8) is 0 Å². The van der Waals surface area contributed by atoms with E-state index >= 15 is 0 Å². The molecular weight excluding hydrogens is 302 g/mol. The Kier molecular flexibility index (Phi) is 2.94. The lowest BCUT2D eigenvalue weighted by atomic mass is 10.1.